The normalized spacial score (nSPS) is 22.9. The quantitative estimate of drug-likeness (QED) is 0.890. The fraction of sp³-hybridized carbons (Fsp3) is 0.714. The van der Waals surface area contributed by atoms with Crippen LogP contribution in [0.2, 0.25) is 0 Å². The SMILES string of the molecule is CNC(c1ccc(C(C)(C)C)s1)C1CCCO1. The molecule has 0 aliphatic carbocycles. The van der Waals surface area contributed by atoms with E-state index in [4.69, 9.17) is 4.74 Å². The molecule has 2 heterocycles. The summed E-state index contributed by atoms with van der Waals surface area (Å²) in [6.45, 7) is 7.72. The molecule has 0 saturated carbocycles. The van der Waals surface area contributed by atoms with Crippen LogP contribution >= 0.6 is 11.3 Å². The molecular weight excluding hydrogens is 230 g/mol. The van der Waals surface area contributed by atoms with Gasteiger partial charge in [0.25, 0.3) is 0 Å². The molecular formula is C14H23NOS. The van der Waals surface area contributed by atoms with Crippen LogP contribution in [0.4, 0.5) is 0 Å². The Morgan fingerprint density at radius 3 is 2.65 bits per heavy atom. The van der Waals surface area contributed by atoms with E-state index in [9.17, 15) is 0 Å². The summed E-state index contributed by atoms with van der Waals surface area (Å²) in [5.74, 6) is 0. The maximum Gasteiger partial charge on any atom is 0.0778 e. The van der Waals surface area contributed by atoms with Crippen molar-refractivity contribution < 1.29 is 4.74 Å². The van der Waals surface area contributed by atoms with E-state index in [1.54, 1.807) is 0 Å². The van der Waals surface area contributed by atoms with Gasteiger partial charge in [-0.3, -0.25) is 0 Å². The summed E-state index contributed by atoms with van der Waals surface area (Å²) < 4.78 is 5.80. The van der Waals surface area contributed by atoms with Crippen LogP contribution in [0.25, 0.3) is 0 Å². The molecule has 0 amide bonds. The topological polar surface area (TPSA) is 21.3 Å². The van der Waals surface area contributed by atoms with Gasteiger partial charge >= 0.3 is 0 Å². The monoisotopic (exact) mass is 253 g/mol. The van der Waals surface area contributed by atoms with E-state index in [2.05, 4.69) is 38.2 Å². The zero-order chi connectivity index (χ0) is 12.5. The predicted octanol–water partition coefficient (Wildman–Crippen LogP) is 3.49. The first-order chi connectivity index (χ1) is 8.02. The van der Waals surface area contributed by atoms with Crippen LogP contribution in [-0.2, 0) is 10.2 Å². The second kappa shape index (κ2) is 5.09. The van der Waals surface area contributed by atoms with Crippen molar-refractivity contribution in [1.29, 1.82) is 0 Å². The fourth-order valence-corrected chi connectivity index (χ4v) is 3.53. The predicted molar refractivity (Wildman–Crippen MR) is 73.8 cm³/mol. The average molecular weight is 253 g/mol. The second-order valence-corrected chi connectivity index (χ2v) is 6.89. The van der Waals surface area contributed by atoms with Gasteiger partial charge in [-0.25, -0.2) is 0 Å². The Hall–Kier alpha value is -0.380. The van der Waals surface area contributed by atoms with Crippen molar-refractivity contribution in [2.75, 3.05) is 13.7 Å². The van der Waals surface area contributed by atoms with Crippen molar-refractivity contribution in [2.45, 2.75) is 51.2 Å². The Balaban J connectivity index is 2.17. The highest BCUT2D eigenvalue weighted by Gasteiger charge is 2.28. The van der Waals surface area contributed by atoms with Gasteiger partial charge in [-0.1, -0.05) is 20.8 Å². The van der Waals surface area contributed by atoms with Crippen LogP contribution < -0.4 is 5.32 Å². The molecule has 0 bridgehead atoms. The van der Waals surface area contributed by atoms with Gasteiger partial charge in [0.05, 0.1) is 12.1 Å². The first-order valence-electron chi connectivity index (χ1n) is 6.41. The maximum absolute atomic E-state index is 5.80. The molecule has 1 N–H and O–H groups in total. The number of nitrogens with one attached hydrogen (secondary N) is 1. The molecule has 1 aromatic heterocycles. The van der Waals surface area contributed by atoms with E-state index >= 15 is 0 Å². The Morgan fingerprint density at radius 2 is 2.18 bits per heavy atom. The zero-order valence-electron chi connectivity index (χ0n) is 11.2. The van der Waals surface area contributed by atoms with Gasteiger partial charge in [-0.2, -0.15) is 0 Å². The van der Waals surface area contributed by atoms with E-state index in [1.807, 2.05) is 18.4 Å². The molecule has 1 aromatic rings. The van der Waals surface area contributed by atoms with E-state index in [1.165, 1.54) is 22.6 Å². The summed E-state index contributed by atoms with van der Waals surface area (Å²) in [4.78, 5) is 2.86. The third kappa shape index (κ3) is 2.90. The Kier molecular flexibility index (Phi) is 3.91. The highest BCUT2D eigenvalue weighted by Crippen LogP contribution is 2.35. The smallest absolute Gasteiger partial charge is 0.0778 e. The van der Waals surface area contributed by atoms with Gasteiger partial charge in [-0.15, -0.1) is 11.3 Å². The van der Waals surface area contributed by atoms with Crippen LogP contribution in [0.15, 0.2) is 12.1 Å². The van der Waals surface area contributed by atoms with Gasteiger partial charge in [0.2, 0.25) is 0 Å². The van der Waals surface area contributed by atoms with Crippen LogP contribution in [0.3, 0.4) is 0 Å². The van der Waals surface area contributed by atoms with Crippen molar-refractivity contribution in [3.8, 4) is 0 Å². The molecule has 1 aliphatic rings. The molecule has 96 valence electrons. The van der Waals surface area contributed by atoms with Gasteiger partial charge in [-0.05, 0) is 37.4 Å². The first kappa shape index (κ1) is 13.1. The van der Waals surface area contributed by atoms with Gasteiger partial charge in [0.15, 0.2) is 0 Å². The molecule has 3 heteroatoms. The average Bonchev–Trinajstić information content (AvgIpc) is 2.87. The van der Waals surface area contributed by atoms with Gasteiger partial charge < -0.3 is 10.1 Å². The lowest BCUT2D eigenvalue weighted by Gasteiger charge is -2.21. The van der Waals surface area contributed by atoms with Crippen molar-refractivity contribution >= 4 is 11.3 Å². The first-order valence-corrected chi connectivity index (χ1v) is 7.23. The standard InChI is InChI=1S/C14H23NOS/c1-14(2,3)12-8-7-11(17-12)13(15-4)10-6-5-9-16-10/h7-8,10,13,15H,5-6,9H2,1-4H3. The number of rotatable bonds is 3. The van der Waals surface area contributed by atoms with E-state index in [0.29, 0.717) is 12.1 Å². The summed E-state index contributed by atoms with van der Waals surface area (Å²) >= 11 is 1.92. The molecule has 0 aromatic carbocycles. The summed E-state index contributed by atoms with van der Waals surface area (Å²) in [6, 6.07) is 4.88. The second-order valence-electron chi connectivity index (χ2n) is 5.77. The van der Waals surface area contributed by atoms with Gasteiger partial charge in [0, 0.05) is 16.4 Å². The van der Waals surface area contributed by atoms with Crippen LogP contribution in [0.1, 0.15) is 49.4 Å². The number of hydrogen-bond acceptors (Lipinski definition) is 3. The van der Waals surface area contributed by atoms with Gasteiger partial charge in [0.1, 0.15) is 0 Å². The molecule has 2 atom stereocenters. The van der Waals surface area contributed by atoms with Crippen molar-refractivity contribution in [3.05, 3.63) is 21.9 Å². The summed E-state index contributed by atoms with van der Waals surface area (Å²) in [5, 5.41) is 3.41. The minimum atomic E-state index is 0.248. The number of thiophene rings is 1. The molecule has 2 unspecified atom stereocenters. The number of likely N-dealkylation sites (N-methyl/N-ethyl adjacent to an activating group) is 1. The lowest BCUT2D eigenvalue weighted by atomic mass is 9.95. The summed E-state index contributed by atoms with van der Waals surface area (Å²) in [6.07, 6.45) is 2.72. The number of hydrogen-bond donors (Lipinski definition) is 1. The van der Waals surface area contributed by atoms with Crippen molar-refractivity contribution in [1.82, 2.24) is 5.32 Å². The molecule has 1 fully saturated rings. The molecule has 1 aliphatic heterocycles. The Labute approximate surface area is 108 Å². The minimum Gasteiger partial charge on any atom is -0.376 e. The molecule has 1 saturated heterocycles. The largest absolute Gasteiger partial charge is 0.376 e. The summed E-state index contributed by atoms with van der Waals surface area (Å²) in [5.41, 5.74) is 0.248. The van der Waals surface area contributed by atoms with Crippen LogP contribution in [-0.4, -0.2) is 19.8 Å². The highest BCUT2D eigenvalue weighted by atomic mass is 32.1. The molecule has 17 heavy (non-hydrogen) atoms. The van der Waals surface area contributed by atoms with E-state index in [0.717, 1.165) is 6.61 Å². The molecule has 2 rings (SSSR count). The van der Waals surface area contributed by atoms with E-state index in [-0.39, 0.29) is 5.41 Å². The molecule has 2 nitrogen and oxygen atoms in total. The summed E-state index contributed by atoms with van der Waals surface area (Å²) in [7, 11) is 2.03. The lowest BCUT2D eigenvalue weighted by molar-refractivity contribution is 0.0818. The minimum absolute atomic E-state index is 0.248. The maximum atomic E-state index is 5.80. The van der Waals surface area contributed by atoms with Crippen LogP contribution in [0, 0.1) is 0 Å². The van der Waals surface area contributed by atoms with Crippen LogP contribution in [0.5, 0.6) is 0 Å². The third-order valence-electron chi connectivity index (χ3n) is 3.32. The molecule has 0 spiro atoms. The number of ether oxygens (including phenoxy) is 1. The lowest BCUT2D eigenvalue weighted by Crippen LogP contribution is -2.28. The zero-order valence-corrected chi connectivity index (χ0v) is 12.1. The van der Waals surface area contributed by atoms with E-state index < -0.39 is 0 Å². The Morgan fingerprint density at radius 1 is 1.41 bits per heavy atom. The van der Waals surface area contributed by atoms with Crippen molar-refractivity contribution in [3.63, 3.8) is 0 Å². The molecule has 0 radical (unpaired) electrons. The highest BCUT2D eigenvalue weighted by molar-refractivity contribution is 7.12. The third-order valence-corrected chi connectivity index (χ3v) is 4.91. The van der Waals surface area contributed by atoms with Crippen molar-refractivity contribution in [2.24, 2.45) is 0 Å². The Bertz CT molecular complexity index is 361. The fourth-order valence-electron chi connectivity index (χ4n) is 2.30.